The number of halogens is 1. The van der Waals surface area contributed by atoms with E-state index in [-0.39, 0.29) is 16.8 Å². The van der Waals surface area contributed by atoms with Gasteiger partial charge in [0.15, 0.2) is 5.60 Å². The molecule has 2 aromatic rings. The number of imide groups is 1. The summed E-state index contributed by atoms with van der Waals surface area (Å²) in [5, 5.41) is 11.3. The van der Waals surface area contributed by atoms with Gasteiger partial charge < -0.3 is 14.6 Å². The molecule has 1 heterocycles. The zero-order valence-corrected chi connectivity index (χ0v) is 15.4. The SMILES string of the molecule is COc1ccc2c(c1)[C@@](O)(c1ccc(F)cc1)C(=O)N2C(=O)OC(C)(C)C. The van der Waals surface area contributed by atoms with E-state index in [0.717, 1.165) is 17.0 Å². The molecule has 27 heavy (non-hydrogen) atoms. The van der Waals surface area contributed by atoms with Crippen LogP contribution in [0.4, 0.5) is 14.9 Å². The van der Waals surface area contributed by atoms with Crippen LogP contribution in [0.25, 0.3) is 0 Å². The van der Waals surface area contributed by atoms with Crippen molar-refractivity contribution in [1.82, 2.24) is 0 Å². The maximum absolute atomic E-state index is 13.3. The highest BCUT2D eigenvalue weighted by molar-refractivity contribution is 6.21. The lowest BCUT2D eigenvalue weighted by Gasteiger charge is -2.25. The van der Waals surface area contributed by atoms with Crippen LogP contribution in [0.2, 0.25) is 0 Å². The fraction of sp³-hybridized carbons (Fsp3) is 0.300. The van der Waals surface area contributed by atoms with Crippen LogP contribution in [0.3, 0.4) is 0 Å². The normalized spacial score (nSPS) is 19.0. The number of aliphatic hydroxyl groups is 1. The summed E-state index contributed by atoms with van der Waals surface area (Å²) in [5.41, 5.74) is -2.53. The van der Waals surface area contributed by atoms with Crippen LogP contribution in [0.1, 0.15) is 31.9 Å². The average Bonchev–Trinajstić information content (AvgIpc) is 2.82. The number of amides is 2. The Morgan fingerprint density at radius 2 is 1.78 bits per heavy atom. The van der Waals surface area contributed by atoms with Gasteiger partial charge in [-0.05, 0) is 56.7 Å². The van der Waals surface area contributed by atoms with Crippen LogP contribution in [0.5, 0.6) is 5.75 Å². The summed E-state index contributed by atoms with van der Waals surface area (Å²) in [7, 11) is 1.45. The number of nitrogens with zero attached hydrogens (tertiary/aromatic N) is 1. The fourth-order valence-corrected chi connectivity index (χ4v) is 2.97. The molecule has 1 aliphatic heterocycles. The minimum Gasteiger partial charge on any atom is -0.497 e. The van der Waals surface area contributed by atoms with Crippen LogP contribution in [-0.4, -0.2) is 29.8 Å². The summed E-state index contributed by atoms with van der Waals surface area (Å²) in [6.45, 7) is 5.02. The molecule has 142 valence electrons. The first-order chi connectivity index (χ1) is 12.6. The maximum atomic E-state index is 13.3. The Kier molecular flexibility index (Phi) is 4.43. The van der Waals surface area contributed by atoms with Crippen molar-refractivity contribution in [2.45, 2.75) is 32.0 Å². The monoisotopic (exact) mass is 373 g/mol. The molecule has 0 radical (unpaired) electrons. The van der Waals surface area contributed by atoms with Gasteiger partial charge in [0.2, 0.25) is 0 Å². The zero-order valence-electron chi connectivity index (χ0n) is 15.4. The number of benzene rings is 2. The molecular weight excluding hydrogens is 353 g/mol. The number of ether oxygens (including phenoxy) is 2. The van der Waals surface area contributed by atoms with Gasteiger partial charge >= 0.3 is 6.09 Å². The van der Waals surface area contributed by atoms with Crippen molar-refractivity contribution in [2.75, 3.05) is 12.0 Å². The first-order valence-electron chi connectivity index (χ1n) is 8.32. The number of methoxy groups -OCH3 is 1. The number of hydrogen-bond donors (Lipinski definition) is 1. The minimum atomic E-state index is -2.17. The van der Waals surface area contributed by atoms with Crippen molar-refractivity contribution in [3.05, 3.63) is 59.4 Å². The topological polar surface area (TPSA) is 76.1 Å². The number of anilines is 1. The quantitative estimate of drug-likeness (QED) is 0.874. The van der Waals surface area contributed by atoms with Gasteiger partial charge in [0.05, 0.1) is 12.8 Å². The smallest absolute Gasteiger partial charge is 0.421 e. The highest BCUT2D eigenvalue weighted by Gasteiger charge is 2.54. The second kappa shape index (κ2) is 6.35. The van der Waals surface area contributed by atoms with Crippen LogP contribution >= 0.6 is 0 Å². The number of fused-ring (bicyclic) bond motifs is 1. The fourth-order valence-electron chi connectivity index (χ4n) is 2.97. The summed E-state index contributed by atoms with van der Waals surface area (Å²) in [6, 6.07) is 9.41. The van der Waals surface area contributed by atoms with Crippen molar-refractivity contribution in [3.63, 3.8) is 0 Å². The predicted molar refractivity (Wildman–Crippen MR) is 96.1 cm³/mol. The zero-order chi connectivity index (χ0) is 20.0. The molecule has 3 rings (SSSR count). The maximum Gasteiger partial charge on any atom is 0.421 e. The van der Waals surface area contributed by atoms with Crippen LogP contribution < -0.4 is 9.64 Å². The Labute approximate surface area is 156 Å². The Morgan fingerprint density at radius 3 is 2.33 bits per heavy atom. The van der Waals surface area contributed by atoms with E-state index in [1.54, 1.807) is 26.8 Å². The van der Waals surface area contributed by atoms with Gasteiger partial charge in [-0.25, -0.2) is 14.1 Å². The summed E-state index contributed by atoms with van der Waals surface area (Å²) >= 11 is 0. The summed E-state index contributed by atoms with van der Waals surface area (Å²) in [4.78, 5) is 26.6. The number of rotatable bonds is 2. The van der Waals surface area contributed by atoms with E-state index in [0.29, 0.717) is 5.75 Å². The molecule has 0 spiro atoms. The van der Waals surface area contributed by atoms with Gasteiger partial charge in [-0.2, -0.15) is 0 Å². The van der Waals surface area contributed by atoms with Crippen LogP contribution in [-0.2, 0) is 15.1 Å². The van der Waals surface area contributed by atoms with Gasteiger partial charge in [-0.3, -0.25) is 4.79 Å². The van der Waals surface area contributed by atoms with E-state index >= 15 is 0 Å². The number of carbonyl (C=O) groups is 2. The summed E-state index contributed by atoms with van der Waals surface area (Å²) in [6.07, 6.45) is -0.906. The van der Waals surface area contributed by atoms with E-state index in [1.165, 1.54) is 31.4 Å². The summed E-state index contributed by atoms with van der Waals surface area (Å²) < 4.78 is 23.8. The van der Waals surface area contributed by atoms with E-state index < -0.39 is 29.0 Å². The first kappa shape index (κ1) is 18.8. The van der Waals surface area contributed by atoms with E-state index in [1.807, 2.05) is 0 Å². The molecule has 0 fully saturated rings. The van der Waals surface area contributed by atoms with E-state index in [9.17, 15) is 19.1 Å². The first-order valence-corrected chi connectivity index (χ1v) is 8.32. The third-order valence-electron chi connectivity index (χ3n) is 4.19. The van der Waals surface area contributed by atoms with Gasteiger partial charge in [0.25, 0.3) is 5.91 Å². The molecule has 1 aliphatic rings. The molecule has 7 heteroatoms. The lowest BCUT2D eigenvalue weighted by Crippen LogP contribution is -2.45. The molecule has 0 aliphatic carbocycles. The average molecular weight is 373 g/mol. The van der Waals surface area contributed by atoms with E-state index in [2.05, 4.69) is 0 Å². The second-order valence-corrected chi connectivity index (χ2v) is 7.22. The lowest BCUT2D eigenvalue weighted by molar-refractivity contribution is -0.131. The lowest BCUT2D eigenvalue weighted by atomic mass is 9.87. The highest BCUT2D eigenvalue weighted by Crippen LogP contribution is 2.46. The molecule has 1 atom stereocenters. The van der Waals surface area contributed by atoms with E-state index in [4.69, 9.17) is 9.47 Å². The molecule has 0 saturated heterocycles. The third-order valence-corrected chi connectivity index (χ3v) is 4.19. The Morgan fingerprint density at radius 1 is 1.15 bits per heavy atom. The molecule has 0 bridgehead atoms. The largest absolute Gasteiger partial charge is 0.497 e. The van der Waals surface area contributed by atoms with Crippen LogP contribution in [0, 0.1) is 5.82 Å². The van der Waals surface area contributed by atoms with Crippen molar-refractivity contribution in [3.8, 4) is 5.75 Å². The molecule has 2 aromatic carbocycles. The highest BCUT2D eigenvalue weighted by atomic mass is 19.1. The van der Waals surface area contributed by atoms with Crippen molar-refractivity contribution >= 4 is 17.7 Å². The molecule has 0 aromatic heterocycles. The van der Waals surface area contributed by atoms with Crippen molar-refractivity contribution in [2.24, 2.45) is 0 Å². The molecule has 6 nitrogen and oxygen atoms in total. The minimum absolute atomic E-state index is 0.134. The predicted octanol–water partition coefficient (Wildman–Crippen LogP) is 3.35. The molecular formula is C20H20FNO5. The molecule has 0 saturated carbocycles. The standard InChI is InChI=1S/C20H20FNO5/c1-19(2,3)27-18(24)22-16-10-9-14(26-4)11-15(16)20(25,17(22)23)12-5-7-13(21)8-6-12/h5-11,25H,1-4H3/t20-/m0/s1. The van der Waals surface area contributed by atoms with Crippen molar-refractivity contribution in [1.29, 1.82) is 0 Å². The van der Waals surface area contributed by atoms with Crippen molar-refractivity contribution < 1.29 is 28.6 Å². The second-order valence-electron chi connectivity index (χ2n) is 7.22. The van der Waals surface area contributed by atoms with Gasteiger partial charge in [0.1, 0.15) is 17.2 Å². The Hall–Kier alpha value is -2.93. The van der Waals surface area contributed by atoms with Gasteiger partial charge in [-0.15, -0.1) is 0 Å². The van der Waals surface area contributed by atoms with Gasteiger partial charge in [0, 0.05) is 5.56 Å². The molecule has 1 N–H and O–H groups in total. The molecule has 2 amide bonds. The third kappa shape index (κ3) is 3.14. The van der Waals surface area contributed by atoms with Crippen LogP contribution in [0.15, 0.2) is 42.5 Å². The Balaban J connectivity index is 2.18. The van der Waals surface area contributed by atoms with Gasteiger partial charge in [-0.1, -0.05) is 12.1 Å². The number of carbonyl (C=O) groups excluding carboxylic acids is 2. The number of hydrogen-bond acceptors (Lipinski definition) is 5. The molecule has 0 unspecified atom stereocenters. The summed E-state index contributed by atoms with van der Waals surface area (Å²) in [5.74, 6) is -1.01. The Bertz CT molecular complexity index is 904.